The Bertz CT molecular complexity index is 1570. The van der Waals surface area contributed by atoms with Crippen molar-refractivity contribution in [2.45, 2.75) is 56.6 Å². The van der Waals surface area contributed by atoms with E-state index < -0.39 is 49.7 Å². The number of halogens is 3. The van der Waals surface area contributed by atoms with Crippen LogP contribution in [0.1, 0.15) is 43.7 Å². The standard InChI is InChI=1S/C25H27F3N5O8P/c1-4-35-21-18-20(31-23(29)32-21)33(12-30-18)22-24(3)19(38-13(2)40-24)17(39-22)11-37-42(34)36-10-9-16(41-42)14-7-5-6-8-15(14)25(26,27)28/h5-8,12,16-17,19,22H,2,4,9-11H2,1,3H3,(H2,29,31,32)/t16-,17+,19+,22+,24+,42+/m0/s1. The maximum absolute atomic E-state index is 13.6. The van der Waals surface area contributed by atoms with Crippen LogP contribution in [0.4, 0.5) is 19.1 Å². The van der Waals surface area contributed by atoms with Crippen LogP contribution in [0.3, 0.4) is 0 Å². The number of hydrogen-bond acceptors (Lipinski definition) is 12. The van der Waals surface area contributed by atoms with Crippen molar-refractivity contribution in [2.75, 3.05) is 25.6 Å². The number of nitrogen functional groups attached to an aromatic ring is 1. The van der Waals surface area contributed by atoms with Crippen LogP contribution in [0.5, 0.6) is 5.88 Å². The Kier molecular flexibility index (Phi) is 7.09. The summed E-state index contributed by atoms with van der Waals surface area (Å²) in [5.74, 6) is 0.166. The van der Waals surface area contributed by atoms with E-state index in [1.807, 2.05) is 0 Å². The summed E-state index contributed by atoms with van der Waals surface area (Å²) < 4.78 is 95.8. The third kappa shape index (κ3) is 4.96. The minimum Gasteiger partial charge on any atom is -0.476 e. The van der Waals surface area contributed by atoms with Crippen molar-refractivity contribution < 1.29 is 50.3 Å². The van der Waals surface area contributed by atoms with Crippen molar-refractivity contribution in [3.05, 3.63) is 54.2 Å². The lowest BCUT2D eigenvalue weighted by Gasteiger charge is -2.31. The quantitative estimate of drug-likeness (QED) is 0.369. The molecule has 3 fully saturated rings. The van der Waals surface area contributed by atoms with Crippen molar-refractivity contribution in [1.82, 2.24) is 19.5 Å². The van der Waals surface area contributed by atoms with Crippen LogP contribution in [0.25, 0.3) is 11.2 Å². The molecule has 3 aromatic rings. The van der Waals surface area contributed by atoms with Crippen LogP contribution in [0.2, 0.25) is 0 Å². The summed E-state index contributed by atoms with van der Waals surface area (Å²) in [5, 5.41) is 0. The molecule has 0 radical (unpaired) electrons. The van der Waals surface area contributed by atoms with E-state index in [1.54, 1.807) is 18.4 Å². The van der Waals surface area contributed by atoms with E-state index >= 15 is 0 Å². The van der Waals surface area contributed by atoms with Gasteiger partial charge in [-0.1, -0.05) is 18.2 Å². The number of rotatable bonds is 7. The van der Waals surface area contributed by atoms with Gasteiger partial charge in [0.1, 0.15) is 6.10 Å². The van der Waals surface area contributed by atoms with E-state index in [0.29, 0.717) is 17.8 Å². The van der Waals surface area contributed by atoms with E-state index in [4.69, 9.17) is 38.3 Å². The van der Waals surface area contributed by atoms with Gasteiger partial charge in [-0.05, 0) is 32.1 Å². The predicted molar refractivity (Wildman–Crippen MR) is 138 cm³/mol. The number of aromatic nitrogens is 4. The molecule has 6 atom stereocenters. The summed E-state index contributed by atoms with van der Waals surface area (Å²) >= 11 is 0. The molecule has 226 valence electrons. The molecule has 3 saturated heterocycles. The molecule has 5 heterocycles. The number of benzene rings is 1. The highest BCUT2D eigenvalue weighted by molar-refractivity contribution is 7.48. The number of nitrogens with zero attached hydrogens (tertiary/aromatic N) is 4. The molecular formula is C25H27F3N5O8P. The minimum atomic E-state index is -4.63. The van der Waals surface area contributed by atoms with Gasteiger partial charge in [-0.25, -0.2) is 9.55 Å². The zero-order valence-electron chi connectivity index (χ0n) is 22.4. The summed E-state index contributed by atoms with van der Waals surface area (Å²) in [6.07, 6.45) is -6.93. The first-order chi connectivity index (χ1) is 19.9. The lowest BCUT2D eigenvalue weighted by molar-refractivity contribution is -0.139. The minimum absolute atomic E-state index is 0.0231. The largest absolute Gasteiger partial charge is 0.476 e. The summed E-state index contributed by atoms with van der Waals surface area (Å²) in [6.45, 7) is 7.05. The molecule has 1 aromatic carbocycles. The van der Waals surface area contributed by atoms with Crippen molar-refractivity contribution in [2.24, 2.45) is 0 Å². The molecule has 42 heavy (non-hydrogen) atoms. The fraction of sp³-hybridized carbons (Fsp3) is 0.480. The number of phosphoric ester groups is 1. The van der Waals surface area contributed by atoms with Crippen LogP contribution in [-0.4, -0.2) is 57.1 Å². The molecule has 0 spiro atoms. The SMILES string of the molecule is C=C1O[C@@H]2[C@@H](CO[P@@]3(=O)OCC[C@@H](c4ccccc4C(F)(F)F)O3)O[C@@H](n3cnc4c(OCC)nc(N)nc43)[C@]2(C)O1. The number of imidazole rings is 1. The molecule has 3 aliphatic heterocycles. The molecule has 0 amide bonds. The molecule has 6 rings (SSSR count). The Hall–Kier alpha value is -3.43. The first-order valence-corrected chi connectivity index (χ1v) is 14.4. The topological polar surface area (TPSA) is 151 Å². The molecule has 13 nitrogen and oxygen atoms in total. The number of ether oxygens (including phenoxy) is 4. The van der Waals surface area contributed by atoms with Crippen molar-refractivity contribution in [1.29, 1.82) is 0 Å². The van der Waals surface area contributed by atoms with E-state index in [9.17, 15) is 17.7 Å². The van der Waals surface area contributed by atoms with Crippen molar-refractivity contribution in [3.8, 4) is 5.88 Å². The van der Waals surface area contributed by atoms with E-state index in [1.165, 1.54) is 24.5 Å². The molecule has 17 heteroatoms. The van der Waals surface area contributed by atoms with Crippen LogP contribution >= 0.6 is 7.82 Å². The Morgan fingerprint density at radius 1 is 1.29 bits per heavy atom. The number of hydrogen-bond donors (Lipinski definition) is 1. The molecule has 2 aromatic heterocycles. The van der Waals surface area contributed by atoms with Gasteiger partial charge in [-0.2, -0.15) is 23.1 Å². The first-order valence-electron chi connectivity index (χ1n) is 13.0. The molecule has 0 bridgehead atoms. The predicted octanol–water partition coefficient (Wildman–Crippen LogP) is 4.67. The number of fused-ring (bicyclic) bond motifs is 2. The van der Waals surface area contributed by atoms with Gasteiger partial charge in [0.2, 0.25) is 11.8 Å². The van der Waals surface area contributed by atoms with Crippen LogP contribution in [0.15, 0.2) is 43.1 Å². The number of alkyl halides is 3. The second kappa shape index (κ2) is 10.4. The fourth-order valence-electron chi connectivity index (χ4n) is 5.37. The molecule has 3 aliphatic rings. The van der Waals surface area contributed by atoms with Gasteiger partial charge >= 0.3 is 14.0 Å². The molecule has 0 aliphatic carbocycles. The van der Waals surface area contributed by atoms with Gasteiger partial charge < -0.3 is 24.7 Å². The average molecular weight is 613 g/mol. The smallest absolute Gasteiger partial charge is 0.475 e. The van der Waals surface area contributed by atoms with Crippen LogP contribution < -0.4 is 10.5 Å². The molecule has 0 saturated carbocycles. The molecular weight excluding hydrogens is 586 g/mol. The Morgan fingerprint density at radius 2 is 2.07 bits per heavy atom. The highest BCUT2D eigenvalue weighted by Gasteiger charge is 2.63. The van der Waals surface area contributed by atoms with Crippen molar-refractivity contribution >= 4 is 24.9 Å². The van der Waals surface area contributed by atoms with Crippen LogP contribution in [0, 0.1) is 0 Å². The van der Waals surface area contributed by atoms with Gasteiger partial charge in [-0.15, -0.1) is 0 Å². The lowest BCUT2D eigenvalue weighted by Crippen LogP contribution is -2.42. The normalized spacial score (nSPS) is 31.1. The number of phosphoric acid groups is 1. The van der Waals surface area contributed by atoms with E-state index in [0.717, 1.165) is 6.07 Å². The maximum atomic E-state index is 13.6. The summed E-state index contributed by atoms with van der Waals surface area (Å²) in [6, 6.07) is 4.93. The Morgan fingerprint density at radius 3 is 2.83 bits per heavy atom. The van der Waals surface area contributed by atoms with Gasteiger partial charge in [0, 0.05) is 6.42 Å². The molecule has 0 unspecified atom stereocenters. The highest BCUT2D eigenvalue weighted by atomic mass is 31.2. The third-order valence-corrected chi connectivity index (χ3v) is 8.60. The zero-order valence-corrected chi connectivity index (χ0v) is 23.3. The second-order valence-electron chi connectivity index (χ2n) is 9.91. The Balaban J connectivity index is 1.24. The van der Waals surface area contributed by atoms with Gasteiger partial charge in [0.15, 0.2) is 29.1 Å². The lowest BCUT2D eigenvalue weighted by atomic mass is 9.96. The van der Waals surface area contributed by atoms with Gasteiger partial charge in [0.25, 0.3) is 5.95 Å². The molecule has 2 N–H and O–H groups in total. The average Bonchev–Trinajstić information content (AvgIpc) is 3.56. The number of nitrogens with two attached hydrogens (primary N) is 1. The summed E-state index contributed by atoms with van der Waals surface area (Å²) in [4.78, 5) is 12.8. The summed E-state index contributed by atoms with van der Waals surface area (Å²) in [5.41, 5.74) is 4.32. The van der Waals surface area contributed by atoms with E-state index in [2.05, 4.69) is 21.5 Å². The van der Waals surface area contributed by atoms with Crippen LogP contribution in [-0.2, 0) is 38.5 Å². The number of anilines is 1. The van der Waals surface area contributed by atoms with Crippen molar-refractivity contribution in [3.63, 3.8) is 0 Å². The highest BCUT2D eigenvalue weighted by Crippen LogP contribution is 2.59. The van der Waals surface area contributed by atoms with E-state index in [-0.39, 0.29) is 43.0 Å². The second-order valence-corrected chi connectivity index (χ2v) is 11.5. The monoisotopic (exact) mass is 613 g/mol. The first kappa shape index (κ1) is 28.7. The maximum Gasteiger partial charge on any atom is 0.475 e. The Labute approximate surface area is 237 Å². The third-order valence-electron chi connectivity index (χ3n) is 7.13. The van der Waals surface area contributed by atoms with Gasteiger partial charge in [0.05, 0.1) is 37.8 Å². The summed E-state index contributed by atoms with van der Waals surface area (Å²) in [7, 11) is -4.31. The zero-order chi connectivity index (χ0) is 29.9. The fourth-order valence-corrected chi connectivity index (χ4v) is 6.75. The van der Waals surface area contributed by atoms with Gasteiger partial charge in [-0.3, -0.25) is 18.1 Å².